The van der Waals surface area contributed by atoms with E-state index in [1.54, 1.807) is 0 Å². The lowest BCUT2D eigenvalue weighted by Crippen LogP contribution is -2.53. The van der Waals surface area contributed by atoms with Gasteiger partial charge in [-0.1, -0.05) is 30.3 Å². The minimum atomic E-state index is -1.18. The Morgan fingerprint density at radius 1 is 1.27 bits per heavy atom. The summed E-state index contributed by atoms with van der Waals surface area (Å²) in [5.41, 5.74) is 13.5. The van der Waals surface area contributed by atoms with Crippen molar-refractivity contribution in [3.63, 3.8) is 0 Å². The molecule has 158 valence electrons. The molecule has 1 fully saturated rings. The first-order valence-electron chi connectivity index (χ1n) is 9.47. The number of rotatable bonds is 6. The van der Waals surface area contributed by atoms with Crippen molar-refractivity contribution in [2.75, 3.05) is 12.3 Å². The smallest absolute Gasteiger partial charge is 0.237 e. The molecule has 0 spiro atoms. The standard InChI is InChI=1S/C19H23N7O4/c20-11(6-10-4-2-1-3-5-10)18(29)25-13-12(7-27)30-19(15(13)28)26-9-24-14-16(21)22-8-23-17(14)26/h1-5,8-9,11-13,15,19,27-28H,6-7,20H2,(H,25,29)(H2,21,22,23)/t11-,12+,13+,15-,19+/m1/s1. The number of hydrogen-bond acceptors (Lipinski definition) is 9. The second-order valence-corrected chi connectivity index (χ2v) is 7.15. The Morgan fingerprint density at radius 2 is 2.03 bits per heavy atom. The van der Waals surface area contributed by atoms with Gasteiger partial charge in [0.15, 0.2) is 17.7 Å². The van der Waals surface area contributed by atoms with Gasteiger partial charge in [0.25, 0.3) is 0 Å². The molecule has 7 N–H and O–H groups in total. The lowest BCUT2D eigenvalue weighted by Gasteiger charge is -2.22. The lowest BCUT2D eigenvalue weighted by molar-refractivity contribution is -0.124. The molecule has 3 aromatic rings. The van der Waals surface area contributed by atoms with Crippen LogP contribution in [0, 0.1) is 0 Å². The van der Waals surface area contributed by atoms with Crippen LogP contribution in [0.4, 0.5) is 5.82 Å². The molecule has 0 unspecified atom stereocenters. The van der Waals surface area contributed by atoms with Crippen LogP contribution < -0.4 is 16.8 Å². The zero-order valence-corrected chi connectivity index (χ0v) is 16.0. The van der Waals surface area contributed by atoms with Gasteiger partial charge in [0.05, 0.1) is 25.0 Å². The third kappa shape index (κ3) is 3.71. The molecule has 0 bridgehead atoms. The summed E-state index contributed by atoms with van der Waals surface area (Å²) in [6, 6.07) is 7.69. The van der Waals surface area contributed by atoms with Gasteiger partial charge in [0.1, 0.15) is 24.1 Å². The zero-order chi connectivity index (χ0) is 21.3. The van der Waals surface area contributed by atoms with Crippen LogP contribution >= 0.6 is 0 Å². The molecule has 0 saturated carbocycles. The van der Waals surface area contributed by atoms with Crippen molar-refractivity contribution in [3.05, 3.63) is 48.5 Å². The fourth-order valence-electron chi connectivity index (χ4n) is 3.59. The van der Waals surface area contributed by atoms with Gasteiger partial charge >= 0.3 is 0 Å². The minimum absolute atomic E-state index is 0.196. The molecule has 0 aliphatic carbocycles. The summed E-state index contributed by atoms with van der Waals surface area (Å²) in [4.78, 5) is 24.8. The van der Waals surface area contributed by atoms with Gasteiger partial charge < -0.3 is 31.7 Å². The third-order valence-electron chi connectivity index (χ3n) is 5.16. The monoisotopic (exact) mass is 413 g/mol. The van der Waals surface area contributed by atoms with Crippen LogP contribution in [0.2, 0.25) is 0 Å². The van der Waals surface area contributed by atoms with Crippen molar-refractivity contribution in [2.24, 2.45) is 5.73 Å². The highest BCUT2D eigenvalue weighted by atomic mass is 16.5. The number of nitrogen functional groups attached to an aromatic ring is 1. The summed E-state index contributed by atoms with van der Waals surface area (Å²) < 4.78 is 7.29. The van der Waals surface area contributed by atoms with Crippen LogP contribution in [0.1, 0.15) is 11.8 Å². The van der Waals surface area contributed by atoms with E-state index in [0.29, 0.717) is 17.6 Å². The van der Waals surface area contributed by atoms with Crippen molar-refractivity contribution in [3.8, 4) is 0 Å². The van der Waals surface area contributed by atoms with Crippen molar-refractivity contribution in [1.29, 1.82) is 0 Å². The number of imidazole rings is 1. The molecule has 0 radical (unpaired) electrons. The molecule has 30 heavy (non-hydrogen) atoms. The molecule has 11 heteroatoms. The average Bonchev–Trinajstić information content (AvgIpc) is 3.31. The van der Waals surface area contributed by atoms with Gasteiger partial charge in [-0.05, 0) is 12.0 Å². The maximum absolute atomic E-state index is 12.6. The highest BCUT2D eigenvalue weighted by molar-refractivity contribution is 5.82. The van der Waals surface area contributed by atoms with Gasteiger partial charge in [0, 0.05) is 0 Å². The number of nitrogens with two attached hydrogens (primary N) is 2. The topological polar surface area (TPSA) is 174 Å². The summed E-state index contributed by atoms with van der Waals surface area (Å²) in [7, 11) is 0. The Morgan fingerprint density at radius 3 is 2.77 bits per heavy atom. The molecular formula is C19H23N7O4. The molecule has 11 nitrogen and oxygen atoms in total. The first-order valence-corrected chi connectivity index (χ1v) is 9.47. The minimum Gasteiger partial charge on any atom is -0.394 e. The van der Waals surface area contributed by atoms with E-state index >= 15 is 0 Å². The van der Waals surface area contributed by atoms with Crippen LogP contribution in [0.3, 0.4) is 0 Å². The van der Waals surface area contributed by atoms with Crippen molar-refractivity contribution in [2.45, 2.75) is 36.9 Å². The predicted octanol–water partition coefficient (Wildman–Crippen LogP) is -1.29. The normalized spacial score (nSPS) is 24.8. The number of carbonyl (C=O) groups excluding carboxylic acids is 1. The molecule has 1 aliphatic heterocycles. The number of benzene rings is 1. The van der Waals surface area contributed by atoms with E-state index in [0.717, 1.165) is 5.56 Å². The number of fused-ring (bicyclic) bond motifs is 1. The van der Waals surface area contributed by atoms with Gasteiger partial charge in [-0.2, -0.15) is 0 Å². The third-order valence-corrected chi connectivity index (χ3v) is 5.16. The number of amides is 1. The van der Waals surface area contributed by atoms with E-state index < -0.39 is 43.0 Å². The van der Waals surface area contributed by atoms with E-state index in [4.69, 9.17) is 16.2 Å². The SMILES string of the molecule is Nc1ncnc2c1ncn2[C@H]1O[C@@H](CO)[C@H](NC(=O)[C@H](N)Cc2ccccc2)[C@H]1O. The zero-order valence-electron chi connectivity index (χ0n) is 16.0. The maximum atomic E-state index is 12.6. The first-order chi connectivity index (χ1) is 14.5. The van der Waals surface area contributed by atoms with E-state index in [-0.39, 0.29) is 5.82 Å². The summed E-state index contributed by atoms with van der Waals surface area (Å²) >= 11 is 0. The second kappa shape index (κ2) is 8.32. The number of aliphatic hydroxyl groups excluding tert-OH is 2. The molecule has 3 heterocycles. The van der Waals surface area contributed by atoms with Crippen LogP contribution in [-0.2, 0) is 16.0 Å². The Labute approximate surface area is 171 Å². The Hall–Kier alpha value is -3.12. The predicted molar refractivity (Wildman–Crippen MR) is 107 cm³/mol. The largest absolute Gasteiger partial charge is 0.394 e. The van der Waals surface area contributed by atoms with Crippen LogP contribution in [0.25, 0.3) is 11.2 Å². The molecule has 2 aromatic heterocycles. The number of carbonyl (C=O) groups is 1. The van der Waals surface area contributed by atoms with Crippen LogP contribution in [0.5, 0.6) is 0 Å². The summed E-state index contributed by atoms with van der Waals surface area (Å²) in [5.74, 6) is -0.255. The quantitative estimate of drug-likeness (QED) is 0.329. The van der Waals surface area contributed by atoms with Gasteiger partial charge in [-0.3, -0.25) is 9.36 Å². The number of ether oxygens (including phenoxy) is 1. The second-order valence-electron chi connectivity index (χ2n) is 7.15. The van der Waals surface area contributed by atoms with E-state index in [2.05, 4.69) is 20.3 Å². The molecule has 1 saturated heterocycles. The van der Waals surface area contributed by atoms with E-state index in [1.807, 2.05) is 30.3 Å². The van der Waals surface area contributed by atoms with Crippen LogP contribution in [-0.4, -0.2) is 66.5 Å². The molecule has 5 atom stereocenters. The van der Waals surface area contributed by atoms with Crippen molar-refractivity contribution >= 4 is 22.9 Å². The Kier molecular flexibility index (Phi) is 5.59. The highest BCUT2D eigenvalue weighted by Gasteiger charge is 2.46. The van der Waals surface area contributed by atoms with Gasteiger partial charge in [-0.25, -0.2) is 15.0 Å². The molecule has 1 amide bonds. The number of nitrogens with one attached hydrogen (secondary N) is 1. The first kappa shape index (κ1) is 20.2. The number of nitrogens with zero attached hydrogens (tertiary/aromatic N) is 4. The van der Waals surface area contributed by atoms with Crippen LogP contribution in [0.15, 0.2) is 43.0 Å². The van der Waals surface area contributed by atoms with Gasteiger partial charge in [-0.15, -0.1) is 0 Å². The van der Waals surface area contributed by atoms with Crippen molar-refractivity contribution < 1.29 is 19.7 Å². The number of anilines is 1. The Balaban J connectivity index is 1.51. The average molecular weight is 413 g/mol. The fraction of sp³-hybridized carbons (Fsp3) is 0.368. The highest BCUT2D eigenvalue weighted by Crippen LogP contribution is 2.32. The van der Waals surface area contributed by atoms with Gasteiger partial charge in [0.2, 0.25) is 5.91 Å². The molecular weight excluding hydrogens is 390 g/mol. The molecule has 1 aliphatic rings. The van der Waals surface area contributed by atoms with E-state index in [1.165, 1.54) is 17.2 Å². The maximum Gasteiger partial charge on any atom is 0.237 e. The summed E-state index contributed by atoms with van der Waals surface area (Å²) in [6.45, 7) is -0.407. The summed E-state index contributed by atoms with van der Waals surface area (Å²) in [5, 5.41) is 23.3. The fourth-order valence-corrected chi connectivity index (χ4v) is 3.59. The Bertz CT molecular complexity index is 1030. The van der Waals surface area contributed by atoms with Crippen molar-refractivity contribution in [1.82, 2.24) is 24.8 Å². The summed E-state index contributed by atoms with van der Waals surface area (Å²) in [6.07, 6.45) is 0.0907. The molecule has 1 aromatic carbocycles. The number of aromatic nitrogens is 4. The number of hydrogen-bond donors (Lipinski definition) is 5. The number of aliphatic hydroxyl groups is 2. The van der Waals surface area contributed by atoms with E-state index in [9.17, 15) is 15.0 Å². The molecule has 4 rings (SSSR count). The lowest BCUT2D eigenvalue weighted by atomic mass is 10.0.